The van der Waals surface area contributed by atoms with E-state index in [4.69, 9.17) is 0 Å². The lowest BCUT2D eigenvalue weighted by Crippen LogP contribution is -2.47. The van der Waals surface area contributed by atoms with Crippen molar-refractivity contribution in [1.29, 1.82) is 0 Å². The molecule has 6 heteroatoms. The molecule has 2 saturated heterocycles. The van der Waals surface area contributed by atoms with E-state index in [1.807, 2.05) is 17.0 Å². The third-order valence-corrected chi connectivity index (χ3v) is 5.78. The summed E-state index contributed by atoms with van der Waals surface area (Å²) >= 11 is 0. The van der Waals surface area contributed by atoms with Crippen molar-refractivity contribution in [3.8, 4) is 0 Å². The van der Waals surface area contributed by atoms with Gasteiger partial charge in [0.05, 0.1) is 0 Å². The second kappa shape index (κ2) is 7.55. The maximum Gasteiger partial charge on any atom is 0.274 e. The number of nitrogens with zero attached hydrogens (tertiary/aromatic N) is 5. The SMILES string of the molecule is Cc1cccc(N2CCN(c3ccc(C(=O)N4CCCC4)nn3)CC2)c1C. The van der Waals surface area contributed by atoms with Crippen LogP contribution < -0.4 is 9.80 Å². The van der Waals surface area contributed by atoms with E-state index in [1.165, 1.54) is 16.8 Å². The Morgan fingerprint density at radius 1 is 0.852 bits per heavy atom. The van der Waals surface area contributed by atoms with Crippen LogP contribution in [0.3, 0.4) is 0 Å². The summed E-state index contributed by atoms with van der Waals surface area (Å²) in [6.45, 7) is 9.75. The van der Waals surface area contributed by atoms with E-state index < -0.39 is 0 Å². The Morgan fingerprint density at radius 2 is 1.56 bits per heavy atom. The van der Waals surface area contributed by atoms with E-state index in [9.17, 15) is 4.79 Å². The molecule has 2 aliphatic heterocycles. The summed E-state index contributed by atoms with van der Waals surface area (Å²) in [5, 5.41) is 8.54. The third kappa shape index (κ3) is 3.61. The molecular weight excluding hydrogens is 338 g/mol. The van der Waals surface area contributed by atoms with Crippen molar-refractivity contribution in [3.05, 3.63) is 47.2 Å². The predicted molar refractivity (Wildman–Crippen MR) is 108 cm³/mol. The standard InChI is InChI=1S/C21H27N5O/c1-16-6-5-7-19(17(16)2)24-12-14-25(15-13-24)20-9-8-18(22-23-20)21(27)26-10-3-4-11-26/h5-9H,3-4,10-15H2,1-2H3. The van der Waals surface area contributed by atoms with Crippen LogP contribution in [-0.2, 0) is 0 Å². The van der Waals surface area contributed by atoms with Crippen molar-refractivity contribution in [1.82, 2.24) is 15.1 Å². The van der Waals surface area contributed by atoms with Crippen LogP contribution in [0, 0.1) is 13.8 Å². The molecule has 2 aliphatic rings. The first-order valence-electron chi connectivity index (χ1n) is 9.82. The molecule has 0 saturated carbocycles. The molecule has 142 valence electrons. The summed E-state index contributed by atoms with van der Waals surface area (Å²) in [6, 6.07) is 10.3. The van der Waals surface area contributed by atoms with Crippen LogP contribution in [0.15, 0.2) is 30.3 Å². The Labute approximate surface area is 160 Å². The number of hydrogen-bond acceptors (Lipinski definition) is 5. The Balaban J connectivity index is 1.39. The maximum absolute atomic E-state index is 12.4. The van der Waals surface area contributed by atoms with Gasteiger partial charge in [-0.3, -0.25) is 4.79 Å². The van der Waals surface area contributed by atoms with Gasteiger partial charge in [0, 0.05) is 45.0 Å². The molecule has 0 atom stereocenters. The Kier molecular flexibility index (Phi) is 4.97. The second-order valence-corrected chi connectivity index (χ2v) is 7.47. The molecule has 1 aromatic carbocycles. The molecule has 27 heavy (non-hydrogen) atoms. The number of carbonyl (C=O) groups is 1. The fourth-order valence-corrected chi connectivity index (χ4v) is 3.94. The quantitative estimate of drug-likeness (QED) is 0.837. The van der Waals surface area contributed by atoms with E-state index in [-0.39, 0.29) is 5.91 Å². The smallest absolute Gasteiger partial charge is 0.274 e. The molecule has 0 aliphatic carbocycles. The van der Waals surface area contributed by atoms with Crippen molar-refractivity contribution in [2.75, 3.05) is 49.1 Å². The van der Waals surface area contributed by atoms with Gasteiger partial charge >= 0.3 is 0 Å². The molecule has 0 radical (unpaired) electrons. The highest BCUT2D eigenvalue weighted by atomic mass is 16.2. The fourth-order valence-electron chi connectivity index (χ4n) is 3.94. The Hall–Kier alpha value is -2.63. The average Bonchev–Trinajstić information content (AvgIpc) is 3.25. The highest BCUT2D eigenvalue weighted by molar-refractivity contribution is 5.92. The number of piperazine rings is 1. The fraction of sp³-hybridized carbons (Fsp3) is 0.476. The van der Waals surface area contributed by atoms with Gasteiger partial charge in [0.1, 0.15) is 0 Å². The van der Waals surface area contributed by atoms with Crippen LogP contribution in [0.4, 0.5) is 11.5 Å². The van der Waals surface area contributed by atoms with E-state index in [2.05, 4.69) is 52.0 Å². The zero-order valence-corrected chi connectivity index (χ0v) is 16.2. The summed E-state index contributed by atoms with van der Waals surface area (Å²) in [5.74, 6) is 0.861. The number of rotatable bonds is 3. The molecule has 0 spiro atoms. The minimum absolute atomic E-state index is 0.00583. The normalized spacial score (nSPS) is 17.5. The van der Waals surface area contributed by atoms with Crippen molar-refractivity contribution in [2.24, 2.45) is 0 Å². The zero-order chi connectivity index (χ0) is 18.8. The molecule has 0 bridgehead atoms. The van der Waals surface area contributed by atoms with Gasteiger partial charge in [-0.05, 0) is 56.0 Å². The summed E-state index contributed by atoms with van der Waals surface area (Å²) in [4.78, 5) is 19.0. The van der Waals surface area contributed by atoms with Crippen LogP contribution in [0.5, 0.6) is 0 Å². The van der Waals surface area contributed by atoms with Gasteiger partial charge < -0.3 is 14.7 Å². The first-order chi connectivity index (χ1) is 13.1. The first-order valence-corrected chi connectivity index (χ1v) is 9.82. The Bertz CT molecular complexity index is 806. The van der Waals surface area contributed by atoms with Gasteiger partial charge in [0.25, 0.3) is 5.91 Å². The number of aromatic nitrogens is 2. The number of benzene rings is 1. The molecule has 1 aromatic heterocycles. The zero-order valence-electron chi connectivity index (χ0n) is 16.2. The van der Waals surface area contributed by atoms with Crippen LogP contribution in [0.1, 0.15) is 34.5 Å². The van der Waals surface area contributed by atoms with E-state index in [1.54, 1.807) is 0 Å². The van der Waals surface area contributed by atoms with Crippen molar-refractivity contribution in [3.63, 3.8) is 0 Å². The maximum atomic E-state index is 12.4. The van der Waals surface area contributed by atoms with Crippen molar-refractivity contribution in [2.45, 2.75) is 26.7 Å². The largest absolute Gasteiger partial charge is 0.368 e. The predicted octanol–water partition coefficient (Wildman–Crippen LogP) is 2.66. The summed E-state index contributed by atoms with van der Waals surface area (Å²) in [5.41, 5.74) is 4.47. The van der Waals surface area contributed by atoms with Crippen molar-refractivity contribution >= 4 is 17.4 Å². The molecule has 6 nitrogen and oxygen atoms in total. The molecule has 4 rings (SSSR count). The molecule has 1 amide bonds. The lowest BCUT2D eigenvalue weighted by molar-refractivity contribution is 0.0786. The van der Waals surface area contributed by atoms with Crippen LogP contribution in [-0.4, -0.2) is 60.3 Å². The minimum Gasteiger partial charge on any atom is -0.368 e. The van der Waals surface area contributed by atoms with E-state index in [0.29, 0.717) is 5.69 Å². The van der Waals surface area contributed by atoms with Gasteiger partial charge in [0.15, 0.2) is 11.5 Å². The lowest BCUT2D eigenvalue weighted by atomic mass is 10.1. The minimum atomic E-state index is 0.00583. The van der Waals surface area contributed by atoms with E-state index in [0.717, 1.165) is 57.9 Å². The van der Waals surface area contributed by atoms with Crippen LogP contribution >= 0.6 is 0 Å². The van der Waals surface area contributed by atoms with E-state index >= 15 is 0 Å². The average molecular weight is 365 g/mol. The highest BCUT2D eigenvalue weighted by Gasteiger charge is 2.23. The topological polar surface area (TPSA) is 52.6 Å². The number of amides is 1. The molecule has 0 N–H and O–H groups in total. The lowest BCUT2D eigenvalue weighted by Gasteiger charge is -2.37. The Morgan fingerprint density at radius 3 is 2.22 bits per heavy atom. The van der Waals surface area contributed by atoms with Gasteiger partial charge in [-0.15, -0.1) is 10.2 Å². The van der Waals surface area contributed by atoms with Gasteiger partial charge in [-0.2, -0.15) is 0 Å². The number of likely N-dealkylation sites (tertiary alicyclic amines) is 1. The monoisotopic (exact) mass is 365 g/mol. The first kappa shape index (κ1) is 17.8. The van der Waals surface area contributed by atoms with Crippen LogP contribution in [0.2, 0.25) is 0 Å². The highest BCUT2D eigenvalue weighted by Crippen LogP contribution is 2.25. The number of carbonyl (C=O) groups excluding carboxylic acids is 1. The summed E-state index contributed by atoms with van der Waals surface area (Å²) in [6.07, 6.45) is 2.17. The molecule has 2 aromatic rings. The third-order valence-electron chi connectivity index (χ3n) is 5.78. The molecular formula is C21H27N5O. The second-order valence-electron chi connectivity index (χ2n) is 7.47. The molecule has 3 heterocycles. The van der Waals surface area contributed by atoms with Crippen LogP contribution in [0.25, 0.3) is 0 Å². The van der Waals surface area contributed by atoms with Gasteiger partial charge in [0.2, 0.25) is 0 Å². The summed E-state index contributed by atoms with van der Waals surface area (Å²) in [7, 11) is 0. The number of anilines is 2. The number of aryl methyl sites for hydroxylation is 1. The van der Waals surface area contributed by atoms with Gasteiger partial charge in [-0.1, -0.05) is 12.1 Å². The van der Waals surface area contributed by atoms with Gasteiger partial charge in [-0.25, -0.2) is 0 Å². The van der Waals surface area contributed by atoms with Crippen molar-refractivity contribution < 1.29 is 4.79 Å². The number of hydrogen-bond donors (Lipinski definition) is 0. The summed E-state index contributed by atoms with van der Waals surface area (Å²) < 4.78 is 0. The molecule has 0 unspecified atom stereocenters. The molecule has 2 fully saturated rings.